The Kier molecular flexibility index (Phi) is 5.19. The highest BCUT2D eigenvalue weighted by Crippen LogP contribution is 2.61. The molecule has 0 bridgehead atoms. The molecule has 9 rings (SSSR count). The van der Waals surface area contributed by atoms with Crippen molar-refractivity contribution in [2.75, 3.05) is 0 Å². The minimum Gasteiger partial charge on any atom is -0.454 e. The van der Waals surface area contributed by atoms with Crippen molar-refractivity contribution in [3.8, 4) is 44.6 Å². The van der Waals surface area contributed by atoms with Crippen molar-refractivity contribution < 1.29 is 8.98 Å². The smallest absolute Gasteiger partial charge is 0.216 e. The maximum atomic E-state index is 7.08. The second-order valence-electron chi connectivity index (χ2n) is 14.1. The Morgan fingerprint density at radius 2 is 1.18 bits per heavy atom. The number of aromatic nitrogens is 1. The van der Waals surface area contributed by atoms with Gasteiger partial charge in [0.25, 0.3) is 0 Å². The van der Waals surface area contributed by atoms with E-state index in [1.807, 2.05) is 0 Å². The number of fused-ring (bicyclic) bond motifs is 10. The van der Waals surface area contributed by atoms with Crippen LogP contribution in [0.15, 0.2) is 114 Å². The Morgan fingerprint density at radius 3 is 1.93 bits per heavy atom. The van der Waals surface area contributed by atoms with Crippen LogP contribution in [0.5, 0.6) is 0 Å². The number of hydrogen-bond donors (Lipinski definition) is 0. The van der Waals surface area contributed by atoms with Crippen molar-refractivity contribution in [3.05, 3.63) is 137 Å². The third kappa shape index (κ3) is 3.32. The van der Waals surface area contributed by atoms with E-state index in [2.05, 4.69) is 156 Å². The summed E-state index contributed by atoms with van der Waals surface area (Å²) in [5.41, 5.74) is 18.7. The molecule has 218 valence electrons. The first-order valence-electron chi connectivity index (χ1n) is 16.0. The number of benzene rings is 5. The Balaban J connectivity index is 1.42. The molecule has 0 unspecified atom stereocenters. The lowest BCUT2D eigenvalue weighted by Crippen LogP contribution is -2.30. The number of furan rings is 1. The first-order valence-corrected chi connectivity index (χ1v) is 16.0. The Hall–Kier alpha value is -4.95. The van der Waals surface area contributed by atoms with Crippen molar-refractivity contribution in [3.63, 3.8) is 0 Å². The molecule has 0 fully saturated rings. The van der Waals surface area contributed by atoms with E-state index in [1.165, 1.54) is 55.6 Å². The Labute approximate surface area is 264 Å². The van der Waals surface area contributed by atoms with Crippen LogP contribution >= 0.6 is 0 Å². The van der Waals surface area contributed by atoms with Crippen LogP contribution in [-0.2, 0) is 17.9 Å². The molecule has 0 aliphatic heterocycles. The zero-order chi connectivity index (χ0) is 30.8. The molecule has 0 amide bonds. The van der Waals surface area contributed by atoms with Crippen LogP contribution in [0.4, 0.5) is 0 Å². The minimum atomic E-state index is -0.175. The number of rotatable bonds is 2. The van der Waals surface area contributed by atoms with Crippen molar-refractivity contribution >= 4 is 21.9 Å². The van der Waals surface area contributed by atoms with Crippen LogP contribution < -0.4 is 4.57 Å². The van der Waals surface area contributed by atoms with Crippen LogP contribution in [0.1, 0.15) is 55.5 Å². The summed E-state index contributed by atoms with van der Waals surface area (Å²) in [6, 6.07) is 38.1. The average molecular weight is 583 g/mol. The third-order valence-corrected chi connectivity index (χ3v) is 10.8. The van der Waals surface area contributed by atoms with E-state index in [0.29, 0.717) is 0 Å². The van der Waals surface area contributed by atoms with Gasteiger partial charge in [-0.3, -0.25) is 0 Å². The lowest BCUT2D eigenvalue weighted by atomic mass is 9.75. The van der Waals surface area contributed by atoms with E-state index in [4.69, 9.17) is 4.42 Å². The van der Waals surface area contributed by atoms with Gasteiger partial charge in [0.05, 0.1) is 5.56 Å². The summed E-state index contributed by atoms with van der Waals surface area (Å²) in [5, 5.41) is 2.32. The number of nitrogens with zero attached hydrogens (tertiary/aromatic N) is 1. The van der Waals surface area contributed by atoms with E-state index in [1.54, 1.807) is 0 Å². The van der Waals surface area contributed by atoms with Gasteiger partial charge < -0.3 is 4.42 Å². The molecule has 0 saturated heterocycles. The monoisotopic (exact) mass is 582 g/mol. The van der Waals surface area contributed by atoms with Crippen molar-refractivity contribution in [1.82, 2.24) is 0 Å². The standard InChI is InChI=1S/C43H36NO/c1-25-21-22-28-26-16-13-17-27(40(26)45-41(28)36(25)35-20-11-12-23-44(35)6)31-24-34-37(29-14-7-9-18-32(29)42(34,2)3)38-30-15-8-10-19-33(30)43(4,5)39(31)38/h7-24H,1-6H3/q+1. The molecular formula is C43H36NO+. The molecule has 2 aromatic heterocycles. The quantitative estimate of drug-likeness (QED) is 0.185. The molecule has 0 atom stereocenters. The van der Waals surface area contributed by atoms with Gasteiger partial charge in [0.2, 0.25) is 5.69 Å². The van der Waals surface area contributed by atoms with Gasteiger partial charge in [-0.1, -0.05) is 107 Å². The van der Waals surface area contributed by atoms with Gasteiger partial charge in [0.1, 0.15) is 18.2 Å². The van der Waals surface area contributed by atoms with Gasteiger partial charge in [-0.15, -0.1) is 0 Å². The van der Waals surface area contributed by atoms with Crippen LogP contribution in [0.25, 0.3) is 66.6 Å². The number of pyridine rings is 1. The molecule has 45 heavy (non-hydrogen) atoms. The van der Waals surface area contributed by atoms with E-state index >= 15 is 0 Å². The summed E-state index contributed by atoms with van der Waals surface area (Å²) in [7, 11) is 2.11. The van der Waals surface area contributed by atoms with Gasteiger partial charge in [0, 0.05) is 39.3 Å². The van der Waals surface area contributed by atoms with E-state index in [9.17, 15) is 0 Å². The van der Waals surface area contributed by atoms with Gasteiger partial charge in [0.15, 0.2) is 6.20 Å². The number of para-hydroxylation sites is 1. The van der Waals surface area contributed by atoms with Gasteiger partial charge in [-0.05, 0) is 74.7 Å². The van der Waals surface area contributed by atoms with E-state index < -0.39 is 0 Å². The summed E-state index contributed by atoms with van der Waals surface area (Å²) in [4.78, 5) is 0. The second kappa shape index (κ2) is 8.82. The number of hydrogen-bond acceptors (Lipinski definition) is 1. The highest BCUT2D eigenvalue weighted by atomic mass is 16.3. The molecule has 7 aromatic rings. The Morgan fingerprint density at radius 1 is 0.533 bits per heavy atom. The molecule has 2 heteroatoms. The Bertz CT molecular complexity index is 2400. The molecule has 2 aliphatic rings. The topological polar surface area (TPSA) is 17.0 Å². The minimum absolute atomic E-state index is 0.120. The fraction of sp³-hybridized carbons (Fsp3) is 0.186. The van der Waals surface area contributed by atoms with Gasteiger partial charge in [-0.2, -0.15) is 0 Å². The normalized spacial score (nSPS) is 15.2. The number of aryl methyl sites for hydroxylation is 2. The molecule has 2 heterocycles. The van der Waals surface area contributed by atoms with E-state index in [-0.39, 0.29) is 10.8 Å². The zero-order valence-electron chi connectivity index (χ0n) is 26.7. The maximum absolute atomic E-state index is 7.08. The molecule has 0 radical (unpaired) electrons. The first-order chi connectivity index (χ1) is 21.7. The maximum Gasteiger partial charge on any atom is 0.216 e. The first kappa shape index (κ1) is 26.5. The predicted molar refractivity (Wildman–Crippen MR) is 186 cm³/mol. The molecule has 2 aliphatic carbocycles. The van der Waals surface area contributed by atoms with E-state index in [0.717, 1.165) is 38.8 Å². The molecular weight excluding hydrogens is 546 g/mol. The fourth-order valence-electron chi connectivity index (χ4n) is 8.63. The van der Waals surface area contributed by atoms with Crippen molar-refractivity contribution in [2.45, 2.75) is 45.4 Å². The highest BCUT2D eigenvalue weighted by Gasteiger charge is 2.45. The fourth-order valence-corrected chi connectivity index (χ4v) is 8.63. The van der Waals surface area contributed by atoms with Gasteiger partial charge in [-0.25, -0.2) is 4.57 Å². The SMILES string of the molecule is Cc1ccc2c(oc3c(-c4cc5c(c6c4C(C)(C)c4ccccc4-6)-c4ccccc4C5(C)C)cccc32)c1-c1cccc[n+]1C. The molecule has 0 saturated carbocycles. The molecule has 2 nitrogen and oxygen atoms in total. The lowest BCUT2D eigenvalue weighted by Gasteiger charge is -2.28. The summed E-state index contributed by atoms with van der Waals surface area (Å²) in [5.74, 6) is 0. The van der Waals surface area contributed by atoms with Crippen LogP contribution in [0.2, 0.25) is 0 Å². The van der Waals surface area contributed by atoms with Crippen molar-refractivity contribution in [1.29, 1.82) is 0 Å². The second-order valence-corrected chi connectivity index (χ2v) is 14.1. The molecule has 0 spiro atoms. The summed E-state index contributed by atoms with van der Waals surface area (Å²) in [6.07, 6.45) is 2.11. The predicted octanol–water partition coefficient (Wildman–Crippen LogP) is 10.7. The van der Waals surface area contributed by atoms with Crippen LogP contribution in [0, 0.1) is 6.92 Å². The van der Waals surface area contributed by atoms with Crippen LogP contribution in [-0.4, -0.2) is 0 Å². The highest BCUT2D eigenvalue weighted by molar-refractivity contribution is 6.14. The van der Waals surface area contributed by atoms with Crippen molar-refractivity contribution in [2.24, 2.45) is 7.05 Å². The van der Waals surface area contributed by atoms with Gasteiger partial charge >= 0.3 is 0 Å². The summed E-state index contributed by atoms with van der Waals surface area (Å²) in [6.45, 7) is 11.8. The summed E-state index contributed by atoms with van der Waals surface area (Å²) >= 11 is 0. The third-order valence-electron chi connectivity index (χ3n) is 10.8. The largest absolute Gasteiger partial charge is 0.454 e. The summed E-state index contributed by atoms with van der Waals surface area (Å²) < 4.78 is 9.27. The molecule has 5 aromatic carbocycles. The average Bonchev–Trinajstić information content (AvgIpc) is 3.61. The molecule has 0 N–H and O–H groups in total. The zero-order valence-corrected chi connectivity index (χ0v) is 26.7. The van der Waals surface area contributed by atoms with Crippen LogP contribution in [0.3, 0.4) is 0 Å². The lowest BCUT2D eigenvalue weighted by molar-refractivity contribution is -0.660.